The lowest BCUT2D eigenvalue weighted by Crippen LogP contribution is -2.36. The van der Waals surface area contributed by atoms with Gasteiger partial charge in [-0.05, 0) is 43.5 Å². The average molecular weight is 357 g/mol. The molecule has 0 atom stereocenters. The fraction of sp³-hybridized carbons (Fsp3) is 0.227. The van der Waals surface area contributed by atoms with E-state index in [9.17, 15) is 4.79 Å². The van der Waals surface area contributed by atoms with Crippen molar-refractivity contribution in [2.75, 3.05) is 13.1 Å². The van der Waals surface area contributed by atoms with Gasteiger partial charge in [0.1, 0.15) is 17.0 Å². The lowest BCUT2D eigenvalue weighted by atomic mass is 10.1. The van der Waals surface area contributed by atoms with E-state index in [1.807, 2.05) is 41.3 Å². The van der Waals surface area contributed by atoms with Crippen LogP contribution in [0.3, 0.4) is 0 Å². The average Bonchev–Trinajstić information content (AvgIpc) is 3.17. The standard InChI is InChI=1S/C22H19N3O2/c26-22(25-10-4-1-5-11-25)18-9-8-16-13-23-14-17(21(16)24-18)20-12-15-6-2-3-7-19(15)27-20/h2-3,6-9,12-14H,1,4-5,10-11H2. The monoisotopic (exact) mass is 357 g/mol. The Bertz CT molecular complexity index is 1110. The number of rotatable bonds is 2. The number of aromatic nitrogens is 2. The molecule has 0 N–H and O–H groups in total. The van der Waals surface area contributed by atoms with Crippen LogP contribution in [0.2, 0.25) is 0 Å². The van der Waals surface area contributed by atoms with Crippen LogP contribution in [-0.2, 0) is 0 Å². The zero-order valence-corrected chi connectivity index (χ0v) is 14.9. The fourth-order valence-corrected chi connectivity index (χ4v) is 3.72. The second-order valence-electron chi connectivity index (χ2n) is 6.96. The number of nitrogens with zero attached hydrogens (tertiary/aromatic N) is 3. The molecule has 1 amide bonds. The molecule has 27 heavy (non-hydrogen) atoms. The quantitative estimate of drug-likeness (QED) is 0.523. The van der Waals surface area contributed by atoms with Crippen LogP contribution in [0.5, 0.6) is 0 Å². The fourth-order valence-electron chi connectivity index (χ4n) is 3.72. The van der Waals surface area contributed by atoms with Crippen LogP contribution >= 0.6 is 0 Å². The summed E-state index contributed by atoms with van der Waals surface area (Å²) in [5.41, 5.74) is 2.85. The highest BCUT2D eigenvalue weighted by molar-refractivity contribution is 5.99. The van der Waals surface area contributed by atoms with Crippen LogP contribution in [0.4, 0.5) is 0 Å². The van der Waals surface area contributed by atoms with Crippen LogP contribution < -0.4 is 0 Å². The van der Waals surface area contributed by atoms with Crippen molar-refractivity contribution in [1.82, 2.24) is 14.9 Å². The molecule has 0 spiro atoms. The predicted molar refractivity (Wildman–Crippen MR) is 105 cm³/mol. The number of hydrogen-bond acceptors (Lipinski definition) is 4. The van der Waals surface area contributed by atoms with Gasteiger partial charge in [-0.3, -0.25) is 9.78 Å². The van der Waals surface area contributed by atoms with Crippen molar-refractivity contribution in [3.63, 3.8) is 0 Å². The van der Waals surface area contributed by atoms with Gasteiger partial charge in [-0.1, -0.05) is 18.2 Å². The summed E-state index contributed by atoms with van der Waals surface area (Å²) in [6.45, 7) is 1.62. The number of amides is 1. The maximum atomic E-state index is 12.9. The van der Waals surface area contributed by atoms with E-state index >= 15 is 0 Å². The molecule has 134 valence electrons. The number of piperidine rings is 1. The van der Waals surface area contributed by atoms with Gasteiger partial charge in [0.2, 0.25) is 0 Å². The Balaban J connectivity index is 1.61. The lowest BCUT2D eigenvalue weighted by Gasteiger charge is -2.26. The Morgan fingerprint density at radius 3 is 2.67 bits per heavy atom. The summed E-state index contributed by atoms with van der Waals surface area (Å²) in [6, 6.07) is 13.6. The van der Waals surface area contributed by atoms with Gasteiger partial charge >= 0.3 is 0 Å². The molecule has 0 unspecified atom stereocenters. The Hall–Kier alpha value is -3.21. The van der Waals surface area contributed by atoms with Crippen LogP contribution in [0.1, 0.15) is 29.8 Å². The van der Waals surface area contributed by atoms with Crippen molar-refractivity contribution in [1.29, 1.82) is 0 Å². The van der Waals surface area contributed by atoms with Crippen molar-refractivity contribution in [3.8, 4) is 11.3 Å². The van der Waals surface area contributed by atoms with Gasteiger partial charge in [-0.15, -0.1) is 0 Å². The molecule has 0 radical (unpaired) electrons. The number of fused-ring (bicyclic) bond motifs is 2. The second-order valence-corrected chi connectivity index (χ2v) is 6.96. The molecule has 0 bridgehead atoms. The third-order valence-electron chi connectivity index (χ3n) is 5.15. The van der Waals surface area contributed by atoms with E-state index in [4.69, 9.17) is 9.40 Å². The summed E-state index contributed by atoms with van der Waals surface area (Å²) in [6.07, 6.45) is 6.84. The molecular weight excluding hydrogens is 338 g/mol. The van der Waals surface area contributed by atoms with E-state index < -0.39 is 0 Å². The van der Waals surface area contributed by atoms with E-state index in [0.29, 0.717) is 11.5 Å². The van der Waals surface area contributed by atoms with Crippen LogP contribution in [0, 0.1) is 0 Å². The van der Waals surface area contributed by atoms with E-state index in [2.05, 4.69) is 4.98 Å². The molecular formula is C22H19N3O2. The van der Waals surface area contributed by atoms with Gasteiger partial charge in [0.25, 0.3) is 5.91 Å². The van der Waals surface area contributed by atoms with Crippen molar-refractivity contribution >= 4 is 27.8 Å². The second kappa shape index (κ2) is 6.50. The number of carbonyl (C=O) groups is 1. The van der Waals surface area contributed by atoms with Crippen molar-refractivity contribution in [3.05, 3.63) is 60.6 Å². The number of furan rings is 1. The molecule has 1 aliphatic rings. The van der Waals surface area contributed by atoms with E-state index in [1.165, 1.54) is 6.42 Å². The summed E-state index contributed by atoms with van der Waals surface area (Å²) < 4.78 is 6.00. The number of benzene rings is 1. The minimum atomic E-state index is 0.00367. The smallest absolute Gasteiger partial charge is 0.272 e. The summed E-state index contributed by atoms with van der Waals surface area (Å²) in [5.74, 6) is 0.716. The minimum Gasteiger partial charge on any atom is -0.456 e. The highest BCUT2D eigenvalue weighted by atomic mass is 16.3. The molecule has 1 aliphatic heterocycles. The zero-order valence-electron chi connectivity index (χ0n) is 14.9. The zero-order chi connectivity index (χ0) is 18.2. The molecule has 4 aromatic rings. The largest absolute Gasteiger partial charge is 0.456 e. The van der Waals surface area contributed by atoms with E-state index in [0.717, 1.165) is 53.4 Å². The molecule has 5 heteroatoms. The van der Waals surface area contributed by atoms with Gasteiger partial charge in [-0.25, -0.2) is 4.98 Å². The first-order chi connectivity index (χ1) is 13.3. The maximum absolute atomic E-state index is 12.9. The number of carbonyl (C=O) groups excluding carboxylic acids is 1. The van der Waals surface area contributed by atoms with Gasteiger partial charge in [0.15, 0.2) is 0 Å². The van der Waals surface area contributed by atoms with E-state index in [-0.39, 0.29) is 5.91 Å². The summed E-state index contributed by atoms with van der Waals surface area (Å²) >= 11 is 0. The highest BCUT2D eigenvalue weighted by Crippen LogP contribution is 2.31. The van der Waals surface area contributed by atoms with Crippen molar-refractivity contribution in [2.45, 2.75) is 19.3 Å². The molecule has 1 saturated heterocycles. The molecule has 0 saturated carbocycles. The Kier molecular flexibility index (Phi) is 3.85. The van der Waals surface area contributed by atoms with Crippen LogP contribution in [0.15, 0.2) is 59.3 Å². The molecule has 4 heterocycles. The highest BCUT2D eigenvalue weighted by Gasteiger charge is 2.20. The van der Waals surface area contributed by atoms with E-state index in [1.54, 1.807) is 18.5 Å². The topological polar surface area (TPSA) is 59.2 Å². The lowest BCUT2D eigenvalue weighted by molar-refractivity contribution is 0.0719. The molecule has 5 rings (SSSR count). The third-order valence-corrected chi connectivity index (χ3v) is 5.15. The normalized spacial score (nSPS) is 14.7. The molecule has 5 nitrogen and oxygen atoms in total. The Morgan fingerprint density at radius 2 is 1.81 bits per heavy atom. The summed E-state index contributed by atoms with van der Waals surface area (Å²) in [7, 11) is 0. The van der Waals surface area contributed by atoms with Crippen LogP contribution in [0.25, 0.3) is 33.2 Å². The van der Waals surface area contributed by atoms with Gasteiger partial charge < -0.3 is 9.32 Å². The molecule has 1 fully saturated rings. The number of pyridine rings is 2. The first-order valence-corrected chi connectivity index (χ1v) is 9.32. The SMILES string of the molecule is O=C(c1ccc2cncc(-c3cc4ccccc4o3)c2n1)N1CCCCC1. The predicted octanol–water partition coefficient (Wildman–Crippen LogP) is 4.67. The summed E-state index contributed by atoms with van der Waals surface area (Å²) in [5, 5.41) is 1.92. The van der Waals surface area contributed by atoms with Gasteiger partial charge in [0, 0.05) is 36.3 Å². The first kappa shape index (κ1) is 16.0. The molecule has 3 aromatic heterocycles. The van der Waals surface area contributed by atoms with Crippen LogP contribution in [-0.4, -0.2) is 33.9 Å². The number of likely N-dealkylation sites (tertiary alicyclic amines) is 1. The third kappa shape index (κ3) is 2.85. The van der Waals surface area contributed by atoms with Crippen molar-refractivity contribution in [2.24, 2.45) is 0 Å². The first-order valence-electron chi connectivity index (χ1n) is 9.32. The Morgan fingerprint density at radius 1 is 0.963 bits per heavy atom. The molecule has 1 aromatic carbocycles. The number of para-hydroxylation sites is 1. The Labute approximate surface area is 156 Å². The summed E-state index contributed by atoms with van der Waals surface area (Å²) in [4.78, 5) is 23.8. The van der Waals surface area contributed by atoms with Crippen molar-refractivity contribution < 1.29 is 9.21 Å². The maximum Gasteiger partial charge on any atom is 0.272 e. The van der Waals surface area contributed by atoms with Gasteiger partial charge in [-0.2, -0.15) is 0 Å². The number of hydrogen-bond donors (Lipinski definition) is 0. The molecule has 0 aliphatic carbocycles. The minimum absolute atomic E-state index is 0.00367. The van der Waals surface area contributed by atoms with Gasteiger partial charge in [0.05, 0.1) is 11.1 Å².